The van der Waals surface area contributed by atoms with Crippen LogP contribution in [0.2, 0.25) is 0 Å². The third-order valence-electron chi connectivity index (χ3n) is 8.16. The molecule has 0 saturated heterocycles. The van der Waals surface area contributed by atoms with Crippen LogP contribution < -0.4 is 37.6 Å². The van der Waals surface area contributed by atoms with E-state index < -0.39 is 69.7 Å². The van der Waals surface area contributed by atoms with Gasteiger partial charge in [0.2, 0.25) is 35.4 Å². The van der Waals surface area contributed by atoms with Crippen LogP contribution in [-0.4, -0.2) is 97.8 Å². The summed E-state index contributed by atoms with van der Waals surface area (Å²) < 4.78 is 7.33. The molecule has 1 unspecified atom stereocenters. The number of allylic oxidation sites excluding steroid dienone is 2. The van der Waals surface area contributed by atoms with Gasteiger partial charge in [-0.1, -0.05) is 29.5 Å². The van der Waals surface area contributed by atoms with E-state index in [4.69, 9.17) is 10.5 Å². The van der Waals surface area contributed by atoms with Crippen LogP contribution in [-0.2, 0) is 46.7 Å². The zero-order valence-electron chi connectivity index (χ0n) is 30.1. The Balaban J connectivity index is 1.83. The molecule has 6 amide bonds. The molecule has 0 saturated carbocycles. The molecule has 1 aliphatic carbocycles. The zero-order valence-corrected chi connectivity index (χ0v) is 30.1. The predicted molar refractivity (Wildman–Crippen MR) is 182 cm³/mol. The van der Waals surface area contributed by atoms with Gasteiger partial charge in [-0.05, 0) is 68.2 Å². The van der Waals surface area contributed by atoms with Gasteiger partial charge in [-0.2, -0.15) is 0 Å². The first kappa shape index (κ1) is 39.8. The van der Waals surface area contributed by atoms with E-state index in [0.29, 0.717) is 25.2 Å². The van der Waals surface area contributed by atoms with E-state index in [9.17, 15) is 28.8 Å². The minimum absolute atomic E-state index is 0.0452. The Morgan fingerprint density at radius 1 is 1.00 bits per heavy atom. The summed E-state index contributed by atoms with van der Waals surface area (Å²) in [4.78, 5) is 79.9. The Morgan fingerprint density at radius 2 is 1.64 bits per heavy atom. The molecular weight excluding hydrogens is 648 g/mol. The van der Waals surface area contributed by atoms with Crippen LogP contribution in [0.25, 0.3) is 0 Å². The number of carbonyl (C=O) groups excluding carboxylic acids is 6. The maximum Gasteiger partial charge on any atom is 0.246 e. The molecule has 50 heavy (non-hydrogen) atoms. The van der Waals surface area contributed by atoms with Crippen molar-refractivity contribution in [1.29, 1.82) is 0 Å². The summed E-state index contributed by atoms with van der Waals surface area (Å²) in [5.74, 6) is -3.71. The first-order chi connectivity index (χ1) is 23.1. The highest BCUT2D eigenvalue weighted by Gasteiger charge is 2.40. The van der Waals surface area contributed by atoms with Crippen molar-refractivity contribution in [3.63, 3.8) is 0 Å². The Bertz CT molecular complexity index is 1490. The summed E-state index contributed by atoms with van der Waals surface area (Å²) in [5.41, 5.74) is 0.632. The largest absolute Gasteiger partial charge is 0.372 e. The second kappa shape index (κ2) is 15.9. The van der Waals surface area contributed by atoms with Crippen LogP contribution in [0.3, 0.4) is 0 Å². The maximum atomic E-state index is 13.6. The van der Waals surface area contributed by atoms with E-state index in [-0.39, 0.29) is 25.6 Å². The zero-order chi connectivity index (χ0) is 37.5. The maximum absolute atomic E-state index is 13.6. The lowest BCUT2D eigenvalue weighted by Crippen LogP contribution is -2.66. The minimum Gasteiger partial charge on any atom is -0.372 e. The molecule has 2 heterocycles. The van der Waals surface area contributed by atoms with Crippen LogP contribution in [0.4, 0.5) is 0 Å². The number of carbonyl (C=O) groups is 6. The second-order valence-electron chi connectivity index (χ2n) is 14.9. The molecule has 17 nitrogen and oxygen atoms in total. The molecule has 8 N–H and O–H groups in total. The van der Waals surface area contributed by atoms with Crippen molar-refractivity contribution in [2.75, 3.05) is 13.2 Å². The standard InChI is InChI=1S/C33H52N10O7/c1-30(2,34)26(46)36-22-14-11-15-43-17-21(41-42-43)18-50-19-23(25(45)39-31(3,4)27(47)35-16-20-12-9-10-13-20)37-28(48)32(5,6)40-29(49)33(7,8)38-24(22)44/h9-10,12-13,17,20,22-23H,11,14-16,18-19,34H2,1-8H3,(H,35,47)(H,36,46)(H,37,48)(H,38,44)(H,39,45)(H,40,49)/t22?,23-/m0/s1. The molecule has 1 aromatic heterocycles. The Hall–Kier alpha value is -4.64. The van der Waals surface area contributed by atoms with Crippen LogP contribution in [0, 0.1) is 5.92 Å². The number of amides is 6. The summed E-state index contributed by atoms with van der Waals surface area (Å²) in [6.07, 6.45) is 9.87. The lowest BCUT2D eigenvalue weighted by Gasteiger charge is -2.34. The molecule has 1 aromatic rings. The average Bonchev–Trinajstić information content (AvgIpc) is 3.69. The van der Waals surface area contributed by atoms with Gasteiger partial charge in [-0.25, -0.2) is 0 Å². The van der Waals surface area contributed by atoms with E-state index in [0.717, 1.165) is 0 Å². The highest BCUT2D eigenvalue weighted by molar-refractivity contribution is 5.99. The molecule has 0 spiro atoms. The van der Waals surface area contributed by atoms with Crippen molar-refractivity contribution in [1.82, 2.24) is 46.9 Å². The van der Waals surface area contributed by atoms with Gasteiger partial charge in [0, 0.05) is 19.0 Å². The lowest BCUT2D eigenvalue weighted by atomic mass is 9.97. The Kier molecular flexibility index (Phi) is 12.7. The molecule has 0 aromatic carbocycles. The summed E-state index contributed by atoms with van der Waals surface area (Å²) in [5, 5.41) is 24.3. The number of hydrogen-bond acceptors (Lipinski definition) is 10. The van der Waals surface area contributed by atoms with E-state index >= 15 is 0 Å². The van der Waals surface area contributed by atoms with E-state index in [1.807, 2.05) is 24.3 Å². The third-order valence-corrected chi connectivity index (χ3v) is 8.16. The number of rotatable bonds is 7. The quantitative estimate of drug-likeness (QED) is 0.180. The van der Waals surface area contributed by atoms with Crippen molar-refractivity contribution in [3.05, 3.63) is 36.2 Å². The Labute approximate surface area is 292 Å². The van der Waals surface area contributed by atoms with E-state index in [2.05, 4.69) is 42.2 Å². The van der Waals surface area contributed by atoms with Gasteiger partial charge in [0.1, 0.15) is 34.4 Å². The molecule has 276 valence electrons. The number of aromatic nitrogens is 3. The molecule has 2 bridgehead atoms. The van der Waals surface area contributed by atoms with Gasteiger partial charge in [-0.15, -0.1) is 5.10 Å². The van der Waals surface area contributed by atoms with Gasteiger partial charge in [-0.3, -0.25) is 33.4 Å². The summed E-state index contributed by atoms with van der Waals surface area (Å²) in [6, 6.07) is -2.32. The van der Waals surface area contributed by atoms with Gasteiger partial charge >= 0.3 is 0 Å². The average molecular weight is 701 g/mol. The molecule has 1 aliphatic heterocycles. The van der Waals surface area contributed by atoms with Gasteiger partial charge in [0.15, 0.2) is 0 Å². The van der Waals surface area contributed by atoms with E-state index in [1.165, 1.54) is 41.5 Å². The van der Waals surface area contributed by atoms with Crippen LogP contribution in [0.5, 0.6) is 0 Å². The number of ether oxygens (including phenoxy) is 1. The first-order valence-electron chi connectivity index (χ1n) is 16.6. The fourth-order valence-corrected chi connectivity index (χ4v) is 4.83. The van der Waals surface area contributed by atoms with Crippen LogP contribution in [0.1, 0.15) is 73.9 Å². The summed E-state index contributed by atoms with van der Waals surface area (Å²) in [6.45, 7) is 12.2. The van der Waals surface area contributed by atoms with Crippen molar-refractivity contribution in [2.24, 2.45) is 11.7 Å². The predicted octanol–water partition coefficient (Wildman–Crippen LogP) is -1.16. The Morgan fingerprint density at radius 3 is 2.28 bits per heavy atom. The lowest BCUT2D eigenvalue weighted by molar-refractivity contribution is -0.140. The number of nitrogens with zero attached hydrogens (tertiary/aromatic N) is 3. The van der Waals surface area contributed by atoms with Crippen molar-refractivity contribution < 1.29 is 33.5 Å². The minimum atomic E-state index is -1.59. The highest BCUT2D eigenvalue weighted by Crippen LogP contribution is 2.13. The van der Waals surface area contributed by atoms with Gasteiger partial charge in [0.25, 0.3) is 0 Å². The fraction of sp³-hybridized carbons (Fsp3) is 0.636. The van der Waals surface area contributed by atoms with Crippen LogP contribution >= 0.6 is 0 Å². The van der Waals surface area contributed by atoms with Crippen LogP contribution in [0.15, 0.2) is 30.5 Å². The number of fused-ring (bicyclic) bond motifs is 2. The molecular formula is C33H52N10O7. The van der Waals surface area contributed by atoms with Crippen molar-refractivity contribution in [2.45, 2.75) is 116 Å². The number of aryl methyl sites for hydroxylation is 1. The first-order valence-corrected chi connectivity index (χ1v) is 16.6. The smallest absolute Gasteiger partial charge is 0.246 e. The van der Waals surface area contributed by atoms with E-state index in [1.54, 1.807) is 24.7 Å². The normalized spacial score (nSPS) is 22.2. The molecule has 2 atom stereocenters. The number of hydrogen-bond donors (Lipinski definition) is 7. The molecule has 0 radical (unpaired) electrons. The third kappa shape index (κ3) is 11.2. The van der Waals surface area contributed by atoms with Gasteiger partial charge in [0.05, 0.1) is 24.9 Å². The highest BCUT2D eigenvalue weighted by atomic mass is 16.5. The fourth-order valence-electron chi connectivity index (χ4n) is 4.83. The van der Waals surface area contributed by atoms with Gasteiger partial charge < -0.3 is 42.4 Å². The second-order valence-corrected chi connectivity index (χ2v) is 14.9. The topological polar surface area (TPSA) is 241 Å². The molecule has 0 fully saturated rings. The summed E-state index contributed by atoms with van der Waals surface area (Å²) >= 11 is 0. The van der Waals surface area contributed by atoms with Crippen molar-refractivity contribution >= 4 is 35.4 Å². The molecule has 2 aliphatic rings. The number of nitrogens with two attached hydrogens (primary N) is 1. The number of nitrogens with one attached hydrogen (secondary N) is 6. The van der Waals surface area contributed by atoms with Crippen molar-refractivity contribution in [3.8, 4) is 0 Å². The molecule has 3 rings (SSSR count). The summed E-state index contributed by atoms with van der Waals surface area (Å²) in [7, 11) is 0. The molecule has 17 heteroatoms. The SMILES string of the molecule is CC(C)(N)C(=O)NC1CCCn2cc(nn2)COC[C@@H](C(=O)NC(C)(C)C(=O)NCC2C=CC=C2)NC(=O)C(C)(C)NC(=O)C(C)(C)NC1=O. The monoisotopic (exact) mass is 700 g/mol.